The largest absolute Gasteiger partial charge is 0.462 e. The maximum absolute atomic E-state index is 12.7. The maximum Gasteiger partial charge on any atom is 0.306 e. The molecule has 6 nitrogen and oxygen atoms in total. The fourth-order valence-corrected chi connectivity index (χ4v) is 7.86. The highest BCUT2D eigenvalue weighted by Gasteiger charge is 2.19. The molecule has 0 unspecified atom stereocenters. The summed E-state index contributed by atoms with van der Waals surface area (Å²) in [4.78, 5) is 37.8. The lowest BCUT2D eigenvalue weighted by molar-refractivity contribution is -0.167. The van der Waals surface area contributed by atoms with Crippen LogP contribution in [0.1, 0.15) is 291 Å². The predicted molar refractivity (Wildman–Crippen MR) is 247 cm³/mol. The first kappa shape index (κ1) is 56.4. The van der Waals surface area contributed by atoms with Gasteiger partial charge in [0.1, 0.15) is 13.2 Å². The van der Waals surface area contributed by atoms with Crippen LogP contribution >= 0.6 is 0 Å². The van der Waals surface area contributed by atoms with Crippen LogP contribution in [-0.2, 0) is 28.6 Å². The molecule has 0 N–H and O–H groups in total. The molecule has 0 aliphatic carbocycles. The zero-order chi connectivity index (χ0) is 42.4. The Kier molecular flexibility index (Phi) is 45.2. The zero-order valence-corrected chi connectivity index (χ0v) is 39.5. The first-order valence-electron chi connectivity index (χ1n) is 25.9. The van der Waals surface area contributed by atoms with Gasteiger partial charge < -0.3 is 14.2 Å². The lowest BCUT2D eigenvalue weighted by atomic mass is 10.0. The Morgan fingerprint density at radius 2 is 0.569 bits per heavy atom. The average molecular weight is 821 g/mol. The summed E-state index contributed by atoms with van der Waals surface area (Å²) in [6, 6.07) is 0. The van der Waals surface area contributed by atoms with Gasteiger partial charge in [-0.2, -0.15) is 0 Å². The van der Waals surface area contributed by atoms with Crippen molar-refractivity contribution in [2.75, 3.05) is 13.2 Å². The van der Waals surface area contributed by atoms with Crippen molar-refractivity contribution in [3.8, 4) is 0 Å². The van der Waals surface area contributed by atoms with Crippen LogP contribution < -0.4 is 0 Å². The van der Waals surface area contributed by atoms with E-state index < -0.39 is 6.10 Å². The molecule has 1 atom stereocenters. The average Bonchev–Trinajstić information content (AvgIpc) is 3.21. The molecule has 0 rings (SSSR count). The topological polar surface area (TPSA) is 78.9 Å². The Labute approximate surface area is 361 Å². The summed E-state index contributed by atoms with van der Waals surface area (Å²) < 4.78 is 16.7. The van der Waals surface area contributed by atoms with E-state index in [4.69, 9.17) is 14.2 Å². The standard InChI is InChI=1S/C52H100O6/c1-5-7-9-11-13-15-28-31-35-39-43-50(53)56-46-49(58-52(55)45-41-37-33-26-14-12-10-8-6-2)47-57-51(54)44-40-36-32-29-25-23-21-19-17-16-18-20-22-24-27-30-34-38-42-48(3)4/h48-49H,5-47H2,1-4H3/t49-/m1/s1. The maximum atomic E-state index is 12.7. The lowest BCUT2D eigenvalue weighted by Gasteiger charge is -2.18. The van der Waals surface area contributed by atoms with E-state index in [1.165, 1.54) is 186 Å². The number of hydrogen-bond acceptors (Lipinski definition) is 6. The molecular weight excluding hydrogens is 721 g/mol. The second-order valence-electron chi connectivity index (χ2n) is 18.3. The van der Waals surface area contributed by atoms with E-state index in [-0.39, 0.29) is 31.1 Å². The molecule has 6 heteroatoms. The molecule has 0 amide bonds. The van der Waals surface area contributed by atoms with Crippen molar-refractivity contribution < 1.29 is 28.6 Å². The van der Waals surface area contributed by atoms with Crippen molar-refractivity contribution in [2.45, 2.75) is 297 Å². The molecule has 0 radical (unpaired) electrons. The lowest BCUT2D eigenvalue weighted by Crippen LogP contribution is -2.30. The number of carbonyl (C=O) groups excluding carboxylic acids is 3. The van der Waals surface area contributed by atoms with E-state index in [0.29, 0.717) is 19.3 Å². The van der Waals surface area contributed by atoms with Crippen LogP contribution in [-0.4, -0.2) is 37.2 Å². The van der Waals surface area contributed by atoms with Crippen LogP contribution in [0.15, 0.2) is 0 Å². The summed E-state index contributed by atoms with van der Waals surface area (Å²) in [6.45, 7) is 9.01. The second kappa shape index (κ2) is 46.5. The minimum absolute atomic E-state index is 0.0629. The first-order valence-corrected chi connectivity index (χ1v) is 25.9. The van der Waals surface area contributed by atoms with E-state index in [1.54, 1.807) is 0 Å². The van der Waals surface area contributed by atoms with Gasteiger partial charge in [-0.3, -0.25) is 14.4 Å². The van der Waals surface area contributed by atoms with Crippen molar-refractivity contribution in [1.29, 1.82) is 0 Å². The van der Waals surface area contributed by atoms with E-state index in [1.807, 2.05) is 0 Å². The number of hydrogen-bond donors (Lipinski definition) is 0. The van der Waals surface area contributed by atoms with E-state index in [0.717, 1.165) is 63.7 Å². The van der Waals surface area contributed by atoms with Crippen molar-refractivity contribution in [3.05, 3.63) is 0 Å². The molecule has 0 saturated carbocycles. The van der Waals surface area contributed by atoms with Crippen LogP contribution in [0.2, 0.25) is 0 Å². The van der Waals surface area contributed by atoms with Gasteiger partial charge in [-0.25, -0.2) is 0 Å². The molecule has 0 aromatic rings. The molecule has 0 aliphatic rings. The smallest absolute Gasteiger partial charge is 0.306 e. The van der Waals surface area contributed by atoms with Gasteiger partial charge in [0.25, 0.3) is 0 Å². The van der Waals surface area contributed by atoms with Gasteiger partial charge >= 0.3 is 17.9 Å². The zero-order valence-electron chi connectivity index (χ0n) is 39.5. The fourth-order valence-electron chi connectivity index (χ4n) is 7.86. The van der Waals surface area contributed by atoms with Crippen LogP contribution in [0.5, 0.6) is 0 Å². The SMILES string of the molecule is CCCCCCCCCCCCC(=O)OC[C@H](COC(=O)CCCCCCCCCCCCCCCCCCCCC(C)C)OC(=O)CCCCCCCCCCC. The summed E-state index contributed by atoms with van der Waals surface area (Å²) in [5.74, 6) is 0.00946. The highest BCUT2D eigenvalue weighted by Crippen LogP contribution is 2.17. The van der Waals surface area contributed by atoms with Gasteiger partial charge in [-0.15, -0.1) is 0 Å². The molecule has 0 fully saturated rings. The molecule has 58 heavy (non-hydrogen) atoms. The van der Waals surface area contributed by atoms with Crippen LogP contribution in [0.3, 0.4) is 0 Å². The fraction of sp³-hybridized carbons (Fsp3) is 0.942. The predicted octanol–water partition coefficient (Wildman–Crippen LogP) is 16.7. The minimum Gasteiger partial charge on any atom is -0.462 e. The Morgan fingerprint density at radius 3 is 0.845 bits per heavy atom. The third kappa shape index (κ3) is 45.5. The van der Waals surface area contributed by atoms with Gasteiger partial charge in [0.2, 0.25) is 0 Å². The Morgan fingerprint density at radius 1 is 0.328 bits per heavy atom. The molecular formula is C52H100O6. The molecule has 0 bridgehead atoms. The van der Waals surface area contributed by atoms with Crippen LogP contribution in [0.4, 0.5) is 0 Å². The summed E-state index contributed by atoms with van der Waals surface area (Å²) >= 11 is 0. The van der Waals surface area contributed by atoms with Gasteiger partial charge in [0.05, 0.1) is 0 Å². The number of carbonyl (C=O) groups is 3. The summed E-state index contributed by atoms with van der Waals surface area (Å²) in [7, 11) is 0. The molecule has 0 aliphatic heterocycles. The van der Waals surface area contributed by atoms with E-state index in [2.05, 4.69) is 27.7 Å². The molecule has 0 spiro atoms. The molecule has 0 heterocycles. The van der Waals surface area contributed by atoms with Crippen molar-refractivity contribution in [2.24, 2.45) is 5.92 Å². The highest BCUT2D eigenvalue weighted by molar-refractivity contribution is 5.71. The van der Waals surface area contributed by atoms with Crippen molar-refractivity contribution in [1.82, 2.24) is 0 Å². The van der Waals surface area contributed by atoms with Gasteiger partial charge in [-0.1, -0.05) is 252 Å². The van der Waals surface area contributed by atoms with Crippen molar-refractivity contribution >= 4 is 17.9 Å². The van der Waals surface area contributed by atoms with Gasteiger partial charge in [0, 0.05) is 19.3 Å². The second-order valence-corrected chi connectivity index (χ2v) is 18.3. The third-order valence-electron chi connectivity index (χ3n) is 11.8. The molecule has 0 saturated heterocycles. The van der Waals surface area contributed by atoms with Crippen LogP contribution in [0, 0.1) is 5.92 Å². The van der Waals surface area contributed by atoms with Gasteiger partial charge in [-0.05, 0) is 25.2 Å². The van der Waals surface area contributed by atoms with Gasteiger partial charge in [0.15, 0.2) is 6.10 Å². The summed E-state index contributed by atoms with van der Waals surface area (Å²) in [6.07, 6.45) is 48.1. The minimum atomic E-state index is -0.759. The molecule has 0 aromatic carbocycles. The Hall–Kier alpha value is -1.59. The highest BCUT2D eigenvalue weighted by atomic mass is 16.6. The van der Waals surface area contributed by atoms with Crippen LogP contribution in [0.25, 0.3) is 0 Å². The Balaban J connectivity index is 4.13. The molecule has 0 aromatic heterocycles. The third-order valence-corrected chi connectivity index (χ3v) is 11.8. The van der Waals surface area contributed by atoms with Crippen molar-refractivity contribution in [3.63, 3.8) is 0 Å². The first-order chi connectivity index (χ1) is 28.4. The summed E-state index contributed by atoms with van der Waals surface area (Å²) in [5.41, 5.74) is 0. The monoisotopic (exact) mass is 821 g/mol. The summed E-state index contributed by atoms with van der Waals surface area (Å²) in [5, 5.41) is 0. The molecule has 344 valence electrons. The quantitative estimate of drug-likeness (QED) is 0.0346. The number of rotatable bonds is 47. The number of ether oxygens (including phenoxy) is 3. The number of esters is 3. The normalized spacial score (nSPS) is 11.9. The Bertz CT molecular complexity index is 872. The number of unbranched alkanes of at least 4 members (excludes halogenated alkanes) is 34. The van der Waals surface area contributed by atoms with E-state index >= 15 is 0 Å². The van der Waals surface area contributed by atoms with E-state index in [9.17, 15) is 14.4 Å².